The van der Waals surface area contributed by atoms with Gasteiger partial charge in [-0.15, -0.1) is 10.2 Å². The molecule has 9 rings (SSSR count). The van der Waals surface area contributed by atoms with Crippen molar-refractivity contribution >= 4 is 62.9 Å². The molecule has 3 fully saturated rings. The summed E-state index contributed by atoms with van der Waals surface area (Å²) >= 11 is 1.55. The summed E-state index contributed by atoms with van der Waals surface area (Å²) < 4.78 is 1.78. The first-order valence-electron chi connectivity index (χ1n) is 20.1. The highest BCUT2D eigenvalue weighted by Crippen LogP contribution is 2.44. The van der Waals surface area contributed by atoms with Crippen LogP contribution >= 0.6 is 11.3 Å². The van der Waals surface area contributed by atoms with Crippen LogP contribution in [0.2, 0.25) is 0 Å². The van der Waals surface area contributed by atoms with Crippen LogP contribution in [0.15, 0.2) is 54.9 Å². The van der Waals surface area contributed by atoms with E-state index in [1.54, 1.807) is 40.2 Å². The highest BCUT2D eigenvalue weighted by Gasteiger charge is 2.46. The summed E-state index contributed by atoms with van der Waals surface area (Å²) in [7, 11) is 0. The number of piperidine rings is 3. The van der Waals surface area contributed by atoms with Crippen molar-refractivity contribution in [1.29, 1.82) is 5.26 Å². The van der Waals surface area contributed by atoms with Crippen LogP contribution < -0.4 is 20.9 Å². The molecule has 0 saturated carbocycles. The van der Waals surface area contributed by atoms with Crippen molar-refractivity contribution in [2.45, 2.75) is 64.5 Å². The lowest BCUT2D eigenvalue weighted by Gasteiger charge is -2.46. The summed E-state index contributed by atoms with van der Waals surface area (Å²) in [6, 6.07) is 13.7. The molecule has 0 aliphatic carbocycles. The van der Waals surface area contributed by atoms with E-state index in [4.69, 9.17) is 4.98 Å². The zero-order valence-corrected chi connectivity index (χ0v) is 33.9. The van der Waals surface area contributed by atoms with Crippen molar-refractivity contribution in [3.05, 3.63) is 71.5 Å². The Morgan fingerprint density at radius 1 is 0.967 bits per heavy atom. The average molecular weight is 827 g/mol. The molecule has 1 aromatic carbocycles. The number of amides is 5. The van der Waals surface area contributed by atoms with E-state index in [1.807, 2.05) is 29.3 Å². The molecule has 306 valence electrons. The van der Waals surface area contributed by atoms with Crippen LogP contribution in [-0.4, -0.2) is 109 Å². The molecule has 4 aromatic heterocycles. The SMILES string of the molecule is CC(C)Nc1cc(-c2ccc3cc(C#N)cnn23)ncc1-c1nnc(N2CCC3(CCN(C(=O)CNc4cccc5c4C(=O)N(C4CCC(=O)NC4=O)C5=O)CC3)CC2)s1. The second kappa shape index (κ2) is 15.5. The van der Waals surface area contributed by atoms with Crippen LogP contribution in [0.1, 0.15) is 78.7 Å². The molecule has 0 bridgehead atoms. The summed E-state index contributed by atoms with van der Waals surface area (Å²) in [5.74, 6) is -2.41. The van der Waals surface area contributed by atoms with Gasteiger partial charge < -0.3 is 20.4 Å². The molecule has 8 heterocycles. The van der Waals surface area contributed by atoms with E-state index in [-0.39, 0.29) is 47.9 Å². The maximum absolute atomic E-state index is 13.5. The van der Waals surface area contributed by atoms with E-state index in [0.717, 1.165) is 82.0 Å². The largest absolute Gasteiger partial charge is 0.382 e. The summed E-state index contributed by atoms with van der Waals surface area (Å²) in [5.41, 5.74) is 5.39. The number of hydrogen-bond acceptors (Lipinski definition) is 14. The van der Waals surface area contributed by atoms with Gasteiger partial charge in [-0.3, -0.25) is 39.2 Å². The third-order valence-electron chi connectivity index (χ3n) is 12.1. The number of nitrogens with one attached hydrogen (secondary N) is 3. The summed E-state index contributed by atoms with van der Waals surface area (Å²) in [5, 5.41) is 33.5. The van der Waals surface area contributed by atoms with Gasteiger partial charge in [0.1, 0.15) is 12.1 Å². The number of nitriles is 1. The van der Waals surface area contributed by atoms with Gasteiger partial charge in [-0.2, -0.15) is 10.4 Å². The predicted molar refractivity (Wildman–Crippen MR) is 222 cm³/mol. The fourth-order valence-electron chi connectivity index (χ4n) is 8.75. The monoisotopic (exact) mass is 826 g/mol. The first-order valence-corrected chi connectivity index (χ1v) is 20.9. The van der Waals surface area contributed by atoms with E-state index < -0.39 is 29.7 Å². The van der Waals surface area contributed by atoms with Crippen molar-refractivity contribution in [2.75, 3.05) is 48.3 Å². The molecule has 3 N–H and O–H groups in total. The van der Waals surface area contributed by atoms with E-state index >= 15 is 0 Å². The first kappa shape index (κ1) is 38.8. The summed E-state index contributed by atoms with van der Waals surface area (Å²) in [6.07, 6.45) is 7.20. The highest BCUT2D eigenvalue weighted by atomic mass is 32.1. The number of pyridine rings is 1. The number of carbonyl (C=O) groups excluding carboxylic acids is 5. The molecule has 1 atom stereocenters. The number of rotatable bonds is 9. The molecule has 5 amide bonds. The van der Waals surface area contributed by atoms with Crippen molar-refractivity contribution in [3.63, 3.8) is 0 Å². The third kappa shape index (κ3) is 7.08. The van der Waals surface area contributed by atoms with E-state index in [2.05, 4.69) is 56.1 Å². The van der Waals surface area contributed by atoms with Gasteiger partial charge in [0.2, 0.25) is 22.9 Å². The molecular weight excluding hydrogens is 785 g/mol. The van der Waals surface area contributed by atoms with Gasteiger partial charge in [0.05, 0.1) is 51.9 Å². The Bertz CT molecular complexity index is 2610. The van der Waals surface area contributed by atoms with E-state index in [0.29, 0.717) is 24.3 Å². The predicted octanol–water partition coefficient (Wildman–Crippen LogP) is 4.33. The number of aromatic nitrogens is 5. The smallest absolute Gasteiger partial charge is 0.264 e. The van der Waals surface area contributed by atoms with E-state index in [9.17, 15) is 29.2 Å². The Morgan fingerprint density at radius 3 is 2.50 bits per heavy atom. The van der Waals surface area contributed by atoms with Crippen LogP contribution in [0.5, 0.6) is 0 Å². The lowest BCUT2D eigenvalue weighted by molar-refractivity contribution is -0.136. The maximum Gasteiger partial charge on any atom is 0.264 e. The molecule has 3 saturated heterocycles. The number of fused-ring (bicyclic) bond motifs is 2. The Hall–Kier alpha value is -6.74. The van der Waals surface area contributed by atoms with Gasteiger partial charge in [0, 0.05) is 56.2 Å². The van der Waals surface area contributed by atoms with Crippen LogP contribution in [0.25, 0.3) is 27.5 Å². The third-order valence-corrected chi connectivity index (χ3v) is 13.1. The van der Waals surface area contributed by atoms with Crippen LogP contribution in [0.4, 0.5) is 16.5 Å². The Labute approximate surface area is 348 Å². The van der Waals surface area contributed by atoms with Gasteiger partial charge >= 0.3 is 0 Å². The zero-order valence-electron chi connectivity index (χ0n) is 33.1. The van der Waals surface area contributed by atoms with Gasteiger partial charge in [-0.1, -0.05) is 17.4 Å². The minimum Gasteiger partial charge on any atom is -0.382 e. The topological polar surface area (TPSA) is 211 Å². The molecule has 4 aliphatic heterocycles. The average Bonchev–Trinajstić information content (AvgIpc) is 3.97. The lowest BCUT2D eigenvalue weighted by Crippen LogP contribution is -2.54. The maximum atomic E-state index is 13.5. The lowest BCUT2D eigenvalue weighted by atomic mass is 9.71. The van der Waals surface area contributed by atoms with Crippen molar-refractivity contribution in [3.8, 4) is 28.0 Å². The number of anilines is 3. The second-order valence-electron chi connectivity index (χ2n) is 16.1. The number of likely N-dealkylation sites (tertiary alicyclic amines) is 1. The van der Waals surface area contributed by atoms with Crippen LogP contribution in [0, 0.1) is 16.7 Å². The second-order valence-corrected chi connectivity index (χ2v) is 17.1. The number of benzene rings is 1. The molecule has 1 unspecified atom stereocenters. The van der Waals surface area contributed by atoms with Crippen molar-refractivity contribution in [2.24, 2.45) is 5.41 Å². The molecule has 4 aliphatic rings. The fraction of sp³-hybridized carbons (Fsp3) is 0.381. The fourth-order valence-corrected chi connectivity index (χ4v) is 9.67. The standard InChI is InChI=1S/C42H42N12O5S/c1-24(2)47-30-19-31(32-7-6-26-18-25(20-43)21-46-54(26)32)44-22-28(30)38-49-50-41(60-38)52-16-12-42(13-17-52)10-14-51(15-11-42)35(56)23-45-29-5-3-4-27-36(29)40(59)53(39(27)58)33-8-9-34(55)48-37(33)57/h3-7,18-19,21-22,24,33,45H,8-17,23H2,1-2H3,(H,44,47)(H,48,55,57). The summed E-state index contributed by atoms with van der Waals surface area (Å²) in [4.78, 5) is 74.2. The van der Waals surface area contributed by atoms with Crippen molar-refractivity contribution in [1.82, 2.24) is 39.9 Å². The molecule has 5 aromatic rings. The van der Waals surface area contributed by atoms with Crippen molar-refractivity contribution < 1.29 is 24.0 Å². The number of carbonyl (C=O) groups is 5. The number of hydrogen-bond donors (Lipinski definition) is 3. The first-order chi connectivity index (χ1) is 29.0. The summed E-state index contributed by atoms with van der Waals surface area (Å²) in [6.45, 7) is 7.04. The molecule has 60 heavy (non-hydrogen) atoms. The molecule has 17 nitrogen and oxygen atoms in total. The number of imide groups is 2. The highest BCUT2D eigenvalue weighted by molar-refractivity contribution is 7.18. The van der Waals surface area contributed by atoms with Gasteiger partial charge in [0.25, 0.3) is 11.8 Å². The quantitative estimate of drug-likeness (QED) is 0.177. The molecule has 1 spiro atoms. The minimum absolute atomic E-state index is 0.0375. The van der Waals surface area contributed by atoms with Gasteiger partial charge in [-0.05, 0) is 87.8 Å². The Kier molecular flexibility index (Phi) is 9.98. The van der Waals surface area contributed by atoms with Crippen LogP contribution in [0.3, 0.4) is 0 Å². The van der Waals surface area contributed by atoms with Gasteiger partial charge in [0.15, 0.2) is 5.01 Å². The van der Waals surface area contributed by atoms with E-state index in [1.165, 1.54) is 6.07 Å². The minimum atomic E-state index is -1.06. The molecule has 0 radical (unpaired) electrons. The normalized spacial score (nSPS) is 18.9. The van der Waals surface area contributed by atoms with Crippen LogP contribution in [-0.2, 0) is 14.4 Å². The Morgan fingerprint density at radius 2 is 1.75 bits per heavy atom. The molecule has 18 heteroatoms. The number of nitrogens with zero attached hydrogens (tertiary/aromatic N) is 9. The molecular formula is C42H42N12O5S. The zero-order chi connectivity index (χ0) is 41.7. The van der Waals surface area contributed by atoms with Gasteiger partial charge in [-0.25, -0.2) is 4.52 Å². The Balaban J connectivity index is 0.804.